The van der Waals surface area contributed by atoms with Gasteiger partial charge < -0.3 is 5.73 Å². The Morgan fingerprint density at radius 2 is 2.31 bits per heavy atom. The van der Waals surface area contributed by atoms with Crippen molar-refractivity contribution in [3.63, 3.8) is 0 Å². The fourth-order valence-corrected chi connectivity index (χ4v) is 2.30. The van der Waals surface area contributed by atoms with Crippen LogP contribution in [-0.2, 0) is 6.54 Å². The Kier molecular flexibility index (Phi) is 1.78. The van der Waals surface area contributed by atoms with E-state index in [1.807, 2.05) is 4.68 Å². The van der Waals surface area contributed by atoms with E-state index >= 15 is 0 Å². The summed E-state index contributed by atoms with van der Waals surface area (Å²) in [6.45, 7) is 5.58. The zero-order valence-corrected chi connectivity index (χ0v) is 8.20. The van der Waals surface area contributed by atoms with Gasteiger partial charge in [0.25, 0.3) is 0 Å². The molecule has 2 N–H and O–H groups in total. The van der Waals surface area contributed by atoms with Gasteiger partial charge in [0.05, 0.1) is 6.20 Å². The fourth-order valence-electron chi connectivity index (χ4n) is 2.30. The molecule has 1 aliphatic rings. The molecule has 4 nitrogen and oxygen atoms in total. The van der Waals surface area contributed by atoms with E-state index in [2.05, 4.69) is 24.2 Å². The molecule has 2 rings (SSSR count). The molecule has 1 aliphatic carbocycles. The van der Waals surface area contributed by atoms with Crippen molar-refractivity contribution in [2.45, 2.75) is 33.2 Å². The van der Waals surface area contributed by atoms with E-state index in [9.17, 15) is 0 Å². The third kappa shape index (κ3) is 1.82. The maximum Gasteiger partial charge on any atom is 0.165 e. The van der Waals surface area contributed by atoms with E-state index in [0.717, 1.165) is 12.5 Å². The van der Waals surface area contributed by atoms with Crippen LogP contribution in [0, 0.1) is 11.3 Å². The van der Waals surface area contributed by atoms with Crippen LogP contribution in [0.4, 0.5) is 5.82 Å². The van der Waals surface area contributed by atoms with Gasteiger partial charge in [-0.1, -0.05) is 19.1 Å². The molecule has 1 aromatic heterocycles. The Hall–Kier alpha value is -1.06. The summed E-state index contributed by atoms with van der Waals surface area (Å²) in [5.74, 6) is 1.27. The Balaban J connectivity index is 1.87. The number of nitrogens with zero attached hydrogens (tertiary/aromatic N) is 3. The number of hydrogen-bond donors (Lipinski definition) is 1. The van der Waals surface area contributed by atoms with Crippen LogP contribution in [0.2, 0.25) is 0 Å². The molecular formula is C9H16N4. The Bertz CT molecular complexity index is 294. The van der Waals surface area contributed by atoms with Crippen molar-refractivity contribution < 1.29 is 0 Å². The maximum atomic E-state index is 5.47. The van der Waals surface area contributed by atoms with Gasteiger partial charge in [-0.3, -0.25) is 4.68 Å². The topological polar surface area (TPSA) is 56.7 Å². The lowest BCUT2D eigenvalue weighted by Gasteiger charge is -2.42. The van der Waals surface area contributed by atoms with Gasteiger partial charge in [-0.15, -0.1) is 5.10 Å². The van der Waals surface area contributed by atoms with Crippen LogP contribution in [0.25, 0.3) is 0 Å². The smallest absolute Gasteiger partial charge is 0.165 e. The molecule has 4 heteroatoms. The molecule has 1 saturated carbocycles. The largest absolute Gasteiger partial charge is 0.381 e. The number of hydrogen-bond acceptors (Lipinski definition) is 3. The zero-order valence-electron chi connectivity index (χ0n) is 8.20. The van der Waals surface area contributed by atoms with Crippen molar-refractivity contribution in [2.75, 3.05) is 5.73 Å². The molecule has 0 saturated heterocycles. The number of rotatable bonds is 2. The van der Waals surface area contributed by atoms with E-state index < -0.39 is 0 Å². The second-order valence-electron chi connectivity index (χ2n) is 4.80. The van der Waals surface area contributed by atoms with Crippen molar-refractivity contribution in [1.82, 2.24) is 15.0 Å². The van der Waals surface area contributed by atoms with Crippen LogP contribution in [-0.4, -0.2) is 15.0 Å². The van der Waals surface area contributed by atoms with Crippen molar-refractivity contribution in [1.29, 1.82) is 0 Å². The van der Waals surface area contributed by atoms with Crippen LogP contribution in [0.15, 0.2) is 6.20 Å². The Labute approximate surface area is 78.1 Å². The molecule has 72 valence electrons. The highest BCUT2D eigenvalue weighted by molar-refractivity contribution is 5.19. The van der Waals surface area contributed by atoms with E-state index in [-0.39, 0.29) is 0 Å². The quantitative estimate of drug-likeness (QED) is 0.746. The van der Waals surface area contributed by atoms with Crippen LogP contribution in [0.5, 0.6) is 0 Å². The first-order chi connectivity index (χ1) is 6.05. The third-order valence-corrected chi connectivity index (χ3v) is 2.68. The highest BCUT2D eigenvalue weighted by Gasteiger charge is 2.35. The number of anilines is 1. The summed E-state index contributed by atoms with van der Waals surface area (Å²) in [5.41, 5.74) is 6.01. The van der Waals surface area contributed by atoms with E-state index in [4.69, 9.17) is 5.73 Å². The van der Waals surface area contributed by atoms with Gasteiger partial charge in [-0.2, -0.15) is 0 Å². The van der Waals surface area contributed by atoms with Gasteiger partial charge in [-0.25, -0.2) is 0 Å². The third-order valence-electron chi connectivity index (χ3n) is 2.68. The highest BCUT2D eigenvalue weighted by atomic mass is 15.4. The van der Waals surface area contributed by atoms with Crippen LogP contribution in [0.3, 0.4) is 0 Å². The van der Waals surface area contributed by atoms with Crippen LogP contribution in [0.1, 0.15) is 26.7 Å². The van der Waals surface area contributed by atoms with Gasteiger partial charge in [0.1, 0.15) is 0 Å². The summed E-state index contributed by atoms with van der Waals surface area (Å²) in [6.07, 6.45) is 4.37. The molecule has 0 atom stereocenters. The average molecular weight is 180 g/mol. The average Bonchev–Trinajstić information content (AvgIpc) is 2.31. The first kappa shape index (κ1) is 8.53. The Morgan fingerprint density at radius 3 is 2.77 bits per heavy atom. The van der Waals surface area contributed by atoms with Gasteiger partial charge in [-0.05, 0) is 24.2 Å². The lowest BCUT2D eigenvalue weighted by molar-refractivity contribution is 0.0795. The molecule has 13 heavy (non-hydrogen) atoms. The lowest BCUT2D eigenvalue weighted by atomic mass is 9.64. The number of nitrogen functional groups attached to an aromatic ring is 1. The van der Waals surface area contributed by atoms with Crippen molar-refractivity contribution >= 4 is 5.82 Å². The van der Waals surface area contributed by atoms with E-state index in [1.165, 1.54) is 12.8 Å². The van der Waals surface area contributed by atoms with Crippen molar-refractivity contribution in [2.24, 2.45) is 11.3 Å². The molecule has 0 aliphatic heterocycles. The molecule has 0 spiro atoms. The SMILES string of the molecule is CC1(C)CC(Cn2cc(N)nn2)C1. The monoisotopic (exact) mass is 180 g/mol. The molecule has 0 amide bonds. The molecule has 0 radical (unpaired) electrons. The Morgan fingerprint density at radius 1 is 1.62 bits per heavy atom. The van der Waals surface area contributed by atoms with Gasteiger partial charge in [0.2, 0.25) is 0 Å². The molecule has 1 aromatic rings. The van der Waals surface area contributed by atoms with Gasteiger partial charge in [0, 0.05) is 6.54 Å². The first-order valence-electron chi connectivity index (χ1n) is 4.71. The number of aromatic nitrogens is 3. The number of nitrogens with two attached hydrogens (primary N) is 1. The minimum absolute atomic E-state index is 0.513. The minimum Gasteiger partial charge on any atom is -0.381 e. The van der Waals surface area contributed by atoms with Crippen LogP contribution >= 0.6 is 0 Å². The molecule has 0 unspecified atom stereocenters. The predicted molar refractivity (Wildman–Crippen MR) is 50.9 cm³/mol. The summed E-state index contributed by atoms with van der Waals surface area (Å²) in [6, 6.07) is 0. The highest BCUT2D eigenvalue weighted by Crippen LogP contribution is 2.45. The van der Waals surface area contributed by atoms with E-state index in [0.29, 0.717) is 11.2 Å². The standard InChI is InChI=1S/C9H16N4/c1-9(2)3-7(4-9)5-13-6-8(10)11-12-13/h6-7H,3-5,10H2,1-2H3. The summed E-state index contributed by atoms with van der Waals surface area (Å²) in [7, 11) is 0. The molecule has 0 bridgehead atoms. The van der Waals surface area contributed by atoms with E-state index in [1.54, 1.807) is 6.20 Å². The summed E-state index contributed by atoms with van der Waals surface area (Å²) in [4.78, 5) is 0. The maximum absolute atomic E-state index is 5.47. The van der Waals surface area contributed by atoms with Crippen molar-refractivity contribution in [3.05, 3.63) is 6.20 Å². The normalized spacial score (nSPS) is 21.4. The second kappa shape index (κ2) is 2.72. The summed E-state index contributed by atoms with van der Waals surface area (Å²) >= 11 is 0. The molecule has 1 fully saturated rings. The van der Waals surface area contributed by atoms with Crippen molar-refractivity contribution in [3.8, 4) is 0 Å². The molecule has 0 aromatic carbocycles. The molecule has 1 heterocycles. The second-order valence-corrected chi connectivity index (χ2v) is 4.80. The van der Waals surface area contributed by atoms with Gasteiger partial charge in [0.15, 0.2) is 5.82 Å². The summed E-state index contributed by atoms with van der Waals surface area (Å²) in [5, 5.41) is 7.68. The van der Waals surface area contributed by atoms with Gasteiger partial charge >= 0.3 is 0 Å². The molecular weight excluding hydrogens is 164 g/mol. The zero-order chi connectivity index (χ0) is 9.47. The lowest BCUT2D eigenvalue weighted by Crippen LogP contribution is -2.34. The fraction of sp³-hybridized carbons (Fsp3) is 0.778. The first-order valence-corrected chi connectivity index (χ1v) is 4.71. The van der Waals surface area contributed by atoms with Crippen LogP contribution < -0.4 is 5.73 Å². The predicted octanol–water partition coefficient (Wildman–Crippen LogP) is 1.30. The summed E-state index contributed by atoms with van der Waals surface area (Å²) < 4.78 is 1.84. The minimum atomic E-state index is 0.513.